The molecule has 9 nitrogen and oxygen atoms in total. The van der Waals surface area contributed by atoms with Crippen LogP contribution in [0.15, 0.2) is 71.6 Å². The van der Waals surface area contributed by atoms with E-state index in [9.17, 15) is 14.4 Å². The lowest BCUT2D eigenvalue weighted by atomic mass is 10.2. The number of carbonyl (C=O) groups is 3. The number of carbonyl (C=O) groups excluding carboxylic acids is 3. The zero-order chi connectivity index (χ0) is 27.8. The van der Waals surface area contributed by atoms with Gasteiger partial charge in [0.15, 0.2) is 29.6 Å². The molecule has 0 radical (unpaired) electrons. The number of para-hydroxylation sites is 2. The molecule has 0 aromatic heterocycles. The van der Waals surface area contributed by atoms with Crippen LogP contribution in [0.2, 0.25) is 0 Å². The van der Waals surface area contributed by atoms with E-state index < -0.39 is 5.91 Å². The molecule has 1 saturated heterocycles. The molecule has 0 saturated carbocycles. The Hall–Kier alpha value is -4.44. The first kappa shape index (κ1) is 27.6. The second-order valence-corrected chi connectivity index (χ2v) is 9.44. The van der Waals surface area contributed by atoms with Crippen molar-refractivity contribution in [2.45, 2.75) is 6.92 Å². The number of nitrogens with one attached hydrogen (secondary N) is 1. The third-order valence-electron chi connectivity index (χ3n) is 5.69. The molecule has 3 aromatic carbocycles. The number of hydrogen-bond acceptors (Lipinski definition) is 8. The number of anilines is 1. The number of thioether (sulfide) groups is 1. The molecule has 0 atom stereocenters. The van der Waals surface area contributed by atoms with Crippen LogP contribution in [0.25, 0.3) is 6.08 Å². The van der Waals surface area contributed by atoms with Gasteiger partial charge in [0.1, 0.15) is 6.61 Å². The van der Waals surface area contributed by atoms with E-state index >= 15 is 0 Å². The Bertz CT molecular complexity index is 1390. The minimum Gasteiger partial charge on any atom is -0.493 e. The van der Waals surface area contributed by atoms with E-state index in [0.29, 0.717) is 34.2 Å². The van der Waals surface area contributed by atoms with E-state index in [-0.39, 0.29) is 35.8 Å². The smallest absolute Gasteiger partial charge is 0.293 e. The van der Waals surface area contributed by atoms with Crippen LogP contribution in [0.1, 0.15) is 11.1 Å². The maximum absolute atomic E-state index is 12.9. The number of imide groups is 1. The minimum atomic E-state index is -0.402. The highest BCUT2D eigenvalue weighted by atomic mass is 32.2. The highest BCUT2D eigenvalue weighted by Crippen LogP contribution is 2.35. The summed E-state index contributed by atoms with van der Waals surface area (Å²) in [4.78, 5) is 39.1. The summed E-state index contributed by atoms with van der Waals surface area (Å²) in [7, 11) is 3.02. The van der Waals surface area contributed by atoms with Crippen LogP contribution in [0.3, 0.4) is 0 Å². The van der Waals surface area contributed by atoms with Gasteiger partial charge in [0.2, 0.25) is 0 Å². The van der Waals surface area contributed by atoms with Crippen molar-refractivity contribution in [3.63, 3.8) is 0 Å². The van der Waals surface area contributed by atoms with Crippen LogP contribution in [-0.4, -0.2) is 55.9 Å². The predicted molar refractivity (Wildman–Crippen MR) is 149 cm³/mol. The zero-order valence-electron chi connectivity index (χ0n) is 21.8. The quantitative estimate of drug-likeness (QED) is 0.329. The second-order valence-electron chi connectivity index (χ2n) is 8.45. The Morgan fingerprint density at radius 3 is 2.31 bits per heavy atom. The Labute approximate surface area is 230 Å². The van der Waals surface area contributed by atoms with Gasteiger partial charge in [-0.25, -0.2) is 0 Å². The van der Waals surface area contributed by atoms with Crippen molar-refractivity contribution >= 4 is 40.6 Å². The van der Waals surface area contributed by atoms with Gasteiger partial charge >= 0.3 is 0 Å². The number of benzene rings is 3. The summed E-state index contributed by atoms with van der Waals surface area (Å²) >= 11 is 0.857. The molecule has 1 heterocycles. The lowest BCUT2D eigenvalue weighted by Crippen LogP contribution is -2.32. The molecule has 0 spiro atoms. The molecule has 3 aromatic rings. The molecule has 39 heavy (non-hydrogen) atoms. The van der Waals surface area contributed by atoms with Crippen molar-refractivity contribution in [3.05, 3.63) is 82.8 Å². The van der Waals surface area contributed by atoms with E-state index in [1.165, 1.54) is 7.11 Å². The number of nitrogens with zero attached hydrogens (tertiary/aromatic N) is 1. The van der Waals surface area contributed by atoms with Crippen molar-refractivity contribution in [2.75, 3.05) is 39.3 Å². The SMILES string of the molecule is COc1ccccc1OCCN1C(=O)S/C(=C\c2ccc(OCC(=O)Nc3ccc(C)cc3)c(OC)c2)C1=O. The summed E-state index contributed by atoms with van der Waals surface area (Å²) in [5, 5.41) is 2.40. The summed E-state index contributed by atoms with van der Waals surface area (Å²) in [5.74, 6) is 1.14. The summed E-state index contributed by atoms with van der Waals surface area (Å²) in [5.41, 5.74) is 2.41. The summed E-state index contributed by atoms with van der Waals surface area (Å²) in [6, 6.07) is 19.6. The lowest BCUT2D eigenvalue weighted by Gasteiger charge is -2.14. The minimum absolute atomic E-state index is 0.0980. The fourth-order valence-electron chi connectivity index (χ4n) is 3.70. The van der Waals surface area contributed by atoms with Gasteiger partial charge in [0.25, 0.3) is 17.1 Å². The molecule has 4 rings (SSSR count). The zero-order valence-corrected chi connectivity index (χ0v) is 22.6. The second kappa shape index (κ2) is 12.9. The van der Waals surface area contributed by atoms with Crippen molar-refractivity contribution < 1.29 is 33.3 Å². The Kier molecular flexibility index (Phi) is 9.11. The van der Waals surface area contributed by atoms with Gasteiger partial charge in [0, 0.05) is 5.69 Å². The topological polar surface area (TPSA) is 103 Å². The van der Waals surface area contributed by atoms with Crippen molar-refractivity contribution in [3.8, 4) is 23.0 Å². The predicted octanol–water partition coefficient (Wildman–Crippen LogP) is 5.15. The fraction of sp³-hybridized carbons (Fsp3) is 0.207. The van der Waals surface area contributed by atoms with E-state index in [1.807, 2.05) is 43.3 Å². The van der Waals surface area contributed by atoms with Crippen LogP contribution in [0.5, 0.6) is 23.0 Å². The molecule has 0 aliphatic carbocycles. The number of amides is 3. The maximum Gasteiger partial charge on any atom is 0.293 e. The number of aryl methyl sites for hydroxylation is 1. The number of hydrogen-bond donors (Lipinski definition) is 1. The van der Waals surface area contributed by atoms with Gasteiger partial charge in [-0.15, -0.1) is 0 Å². The normalized spacial score (nSPS) is 13.9. The third kappa shape index (κ3) is 7.11. The van der Waals surface area contributed by atoms with Gasteiger partial charge in [0.05, 0.1) is 25.7 Å². The maximum atomic E-state index is 12.9. The molecule has 1 N–H and O–H groups in total. The molecule has 10 heteroatoms. The average Bonchev–Trinajstić information content (AvgIpc) is 3.21. The first-order valence-electron chi connectivity index (χ1n) is 12.1. The Morgan fingerprint density at radius 2 is 1.59 bits per heavy atom. The van der Waals surface area contributed by atoms with Gasteiger partial charge in [-0.1, -0.05) is 35.9 Å². The third-order valence-corrected chi connectivity index (χ3v) is 6.60. The molecule has 1 aliphatic rings. The number of ether oxygens (including phenoxy) is 4. The molecule has 202 valence electrons. The molecule has 3 amide bonds. The molecule has 1 aliphatic heterocycles. The van der Waals surface area contributed by atoms with Gasteiger partial charge in [-0.05, 0) is 66.7 Å². The monoisotopic (exact) mass is 548 g/mol. The van der Waals surface area contributed by atoms with Crippen molar-refractivity contribution in [1.29, 1.82) is 0 Å². The van der Waals surface area contributed by atoms with Crippen molar-refractivity contribution in [1.82, 2.24) is 4.90 Å². The van der Waals surface area contributed by atoms with Crippen LogP contribution >= 0.6 is 11.8 Å². The van der Waals surface area contributed by atoms with Crippen molar-refractivity contribution in [2.24, 2.45) is 0 Å². The van der Waals surface area contributed by atoms with E-state index in [4.69, 9.17) is 18.9 Å². The molecular formula is C29H28N2O7S. The van der Waals surface area contributed by atoms with Gasteiger partial charge < -0.3 is 24.3 Å². The lowest BCUT2D eigenvalue weighted by molar-refractivity contribution is -0.123. The van der Waals surface area contributed by atoms with Crippen LogP contribution in [0.4, 0.5) is 10.5 Å². The fourth-order valence-corrected chi connectivity index (χ4v) is 4.56. The highest BCUT2D eigenvalue weighted by molar-refractivity contribution is 8.18. The average molecular weight is 549 g/mol. The van der Waals surface area contributed by atoms with Gasteiger partial charge in [-0.3, -0.25) is 19.3 Å². The molecule has 0 unspecified atom stereocenters. The van der Waals surface area contributed by atoms with Gasteiger partial charge in [-0.2, -0.15) is 0 Å². The van der Waals surface area contributed by atoms with E-state index in [1.54, 1.807) is 43.5 Å². The van der Waals surface area contributed by atoms with E-state index in [0.717, 1.165) is 22.2 Å². The van der Waals surface area contributed by atoms with Crippen LogP contribution in [0, 0.1) is 6.92 Å². The summed E-state index contributed by atoms with van der Waals surface area (Å²) < 4.78 is 22.0. The molecule has 0 bridgehead atoms. The standard InChI is InChI=1S/C29H28N2O7S/c1-19-8-11-21(12-9-19)30-27(32)18-38-24-13-10-20(16-25(24)36-3)17-26-28(33)31(29(34)39-26)14-15-37-23-7-5-4-6-22(23)35-2/h4-13,16-17H,14-15,18H2,1-3H3,(H,30,32)/b26-17-. The first-order chi connectivity index (χ1) is 18.9. The highest BCUT2D eigenvalue weighted by Gasteiger charge is 2.34. The Morgan fingerprint density at radius 1 is 0.897 bits per heavy atom. The first-order valence-corrected chi connectivity index (χ1v) is 12.9. The molecule has 1 fully saturated rings. The molecular weight excluding hydrogens is 520 g/mol. The summed E-state index contributed by atoms with van der Waals surface area (Å²) in [6.45, 7) is 1.99. The van der Waals surface area contributed by atoms with E-state index in [2.05, 4.69) is 5.32 Å². The number of methoxy groups -OCH3 is 2. The van der Waals surface area contributed by atoms with Crippen LogP contribution in [-0.2, 0) is 9.59 Å². The number of rotatable bonds is 11. The van der Waals surface area contributed by atoms with Crippen LogP contribution < -0.4 is 24.3 Å². The largest absolute Gasteiger partial charge is 0.493 e. The summed E-state index contributed by atoms with van der Waals surface area (Å²) in [6.07, 6.45) is 1.61. The Balaban J connectivity index is 1.35.